The Morgan fingerprint density at radius 2 is 2.21 bits per heavy atom. The first-order valence-corrected chi connectivity index (χ1v) is 4.75. The predicted octanol–water partition coefficient (Wildman–Crippen LogP) is 0.375. The molecular formula is C8H9NO4S. The smallest absolute Gasteiger partial charge is 0.252 e. The van der Waals surface area contributed by atoms with Gasteiger partial charge in [-0.1, -0.05) is 0 Å². The van der Waals surface area contributed by atoms with Crippen LogP contribution in [0.3, 0.4) is 0 Å². The standard InChI is InChI=1S/C8H9NO4S/c1-13-7-3-2-5(14(11)12)4-6(7)8(9)10/h2-4H,1H3,(H2,9,10)(H,11,12). The molecule has 1 aromatic carbocycles. The Hall–Kier alpha value is -1.40. The van der Waals surface area contributed by atoms with Gasteiger partial charge in [0.2, 0.25) is 0 Å². The van der Waals surface area contributed by atoms with Gasteiger partial charge in [-0.15, -0.1) is 0 Å². The van der Waals surface area contributed by atoms with E-state index in [9.17, 15) is 9.00 Å². The van der Waals surface area contributed by atoms with Crippen molar-refractivity contribution in [1.29, 1.82) is 0 Å². The fourth-order valence-corrected chi connectivity index (χ4v) is 1.39. The number of ether oxygens (including phenoxy) is 1. The van der Waals surface area contributed by atoms with Crippen LogP contribution >= 0.6 is 0 Å². The Balaban J connectivity index is 3.27. The topological polar surface area (TPSA) is 89.6 Å². The van der Waals surface area contributed by atoms with Crippen LogP contribution in [-0.4, -0.2) is 21.8 Å². The van der Waals surface area contributed by atoms with E-state index in [1.54, 1.807) is 0 Å². The predicted molar refractivity (Wildman–Crippen MR) is 50.5 cm³/mol. The van der Waals surface area contributed by atoms with Gasteiger partial charge in [0.1, 0.15) is 5.75 Å². The molecule has 0 aliphatic rings. The van der Waals surface area contributed by atoms with Crippen molar-refractivity contribution in [3.05, 3.63) is 23.8 Å². The van der Waals surface area contributed by atoms with Crippen LogP contribution in [0, 0.1) is 0 Å². The normalized spacial score (nSPS) is 12.1. The second-order valence-corrected chi connectivity index (χ2v) is 3.45. The monoisotopic (exact) mass is 215 g/mol. The van der Waals surface area contributed by atoms with Gasteiger partial charge in [-0.25, -0.2) is 4.21 Å². The summed E-state index contributed by atoms with van der Waals surface area (Å²) in [5, 5.41) is 0. The lowest BCUT2D eigenvalue weighted by atomic mass is 10.2. The molecule has 0 saturated heterocycles. The molecular weight excluding hydrogens is 206 g/mol. The average molecular weight is 215 g/mol. The molecule has 1 amide bonds. The summed E-state index contributed by atoms with van der Waals surface area (Å²) in [5.74, 6) is -0.416. The zero-order valence-electron chi connectivity index (χ0n) is 7.39. The highest BCUT2D eigenvalue weighted by Crippen LogP contribution is 2.20. The van der Waals surface area contributed by atoms with Gasteiger partial charge in [-0.2, -0.15) is 0 Å². The lowest BCUT2D eigenvalue weighted by Gasteiger charge is -2.05. The first-order valence-electron chi connectivity index (χ1n) is 3.65. The molecule has 1 aromatic rings. The van der Waals surface area contributed by atoms with Crippen molar-refractivity contribution in [3.8, 4) is 5.75 Å². The van der Waals surface area contributed by atoms with Gasteiger partial charge in [0.05, 0.1) is 17.6 Å². The van der Waals surface area contributed by atoms with Gasteiger partial charge in [0.25, 0.3) is 5.91 Å². The van der Waals surface area contributed by atoms with E-state index in [2.05, 4.69) is 0 Å². The largest absolute Gasteiger partial charge is 0.496 e. The number of amides is 1. The first kappa shape index (κ1) is 10.7. The van der Waals surface area contributed by atoms with Crippen LogP contribution in [0.4, 0.5) is 0 Å². The molecule has 6 heteroatoms. The highest BCUT2D eigenvalue weighted by atomic mass is 32.2. The number of nitrogens with two attached hydrogens (primary N) is 1. The fourth-order valence-electron chi connectivity index (χ4n) is 0.988. The average Bonchev–Trinajstić information content (AvgIpc) is 2.16. The van der Waals surface area contributed by atoms with E-state index in [0.717, 1.165) is 0 Å². The third-order valence-electron chi connectivity index (χ3n) is 1.64. The van der Waals surface area contributed by atoms with Gasteiger partial charge in [0, 0.05) is 0 Å². The molecule has 0 heterocycles. The van der Waals surface area contributed by atoms with Crippen LogP contribution in [0.1, 0.15) is 10.4 Å². The van der Waals surface area contributed by atoms with Gasteiger partial charge in [-0.3, -0.25) is 4.79 Å². The van der Waals surface area contributed by atoms with E-state index in [-0.39, 0.29) is 16.2 Å². The lowest BCUT2D eigenvalue weighted by Crippen LogP contribution is -2.13. The molecule has 0 aliphatic carbocycles. The summed E-state index contributed by atoms with van der Waals surface area (Å²) in [6, 6.07) is 4.04. The third kappa shape index (κ3) is 2.09. The van der Waals surface area contributed by atoms with Crippen LogP contribution in [0.2, 0.25) is 0 Å². The summed E-state index contributed by atoms with van der Waals surface area (Å²) in [7, 11) is 1.39. The van der Waals surface area contributed by atoms with Crippen molar-refractivity contribution in [2.45, 2.75) is 4.90 Å². The zero-order valence-corrected chi connectivity index (χ0v) is 8.21. The Morgan fingerprint density at radius 3 is 2.64 bits per heavy atom. The highest BCUT2D eigenvalue weighted by Gasteiger charge is 2.11. The van der Waals surface area contributed by atoms with Crippen molar-refractivity contribution in [1.82, 2.24) is 0 Å². The van der Waals surface area contributed by atoms with Gasteiger partial charge < -0.3 is 15.0 Å². The highest BCUT2D eigenvalue weighted by molar-refractivity contribution is 7.79. The van der Waals surface area contributed by atoms with E-state index in [1.807, 2.05) is 0 Å². The number of carbonyl (C=O) groups excluding carboxylic acids is 1. The molecule has 14 heavy (non-hydrogen) atoms. The maximum atomic E-state index is 10.9. The number of primary amides is 1. The second kappa shape index (κ2) is 4.21. The van der Waals surface area contributed by atoms with E-state index in [0.29, 0.717) is 0 Å². The van der Waals surface area contributed by atoms with Crippen LogP contribution in [-0.2, 0) is 11.1 Å². The zero-order chi connectivity index (χ0) is 10.7. The molecule has 0 aliphatic heterocycles. The SMILES string of the molecule is COc1ccc(S(=O)O)cc1C(N)=O. The Morgan fingerprint density at radius 1 is 1.57 bits per heavy atom. The summed E-state index contributed by atoms with van der Waals surface area (Å²) in [6.07, 6.45) is 0. The molecule has 0 radical (unpaired) electrons. The Kier molecular flexibility index (Phi) is 3.21. The number of methoxy groups -OCH3 is 1. The van der Waals surface area contributed by atoms with Gasteiger partial charge in [0.15, 0.2) is 11.1 Å². The first-order chi connectivity index (χ1) is 6.56. The lowest BCUT2D eigenvalue weighted by molar-refractivity contribution is 0.0997. The molecule has 5 nitrogen and oxygen atoms in total. The molecule has 0 saturated carbocycles. The maximum Gasteiger partial charge on any atom is 0.252 e. The quantitative estimate of drug-likeness (QED) is 0.713. The van der Waals surface area contributed by atoms with Crippen LogP contribution in [0.25, 0.3) is 0 Å². The molecule has 0 fully saturated rings. The minimum Gasteiger partial charge on any atom is -0.496 e. The minimum absolute atomic E-state index is 0.0902. The van der Waals surface area contributed by atoms with Crippen molar-refractivity contribution in [2.75, 3.05) is 7.11 Å². The molecule has 0 spiro atoms. The van der Waals surface area contributed by atoms with Crippen molar-refractivity contribution >= 4 is 17.0 Å². The van der Waals surface area contributed by atoms with Crippen molar-refractivity contribution < 1.29 is 18.3 Å². The van der Waals surface area contributed by atoms with Crippen LogP contribution < -0.4 is 10.5 Å². The number of rotatable bonds is 3. The maximum absolute atomic E-state index is 10.9. The Bertz CT molecular complexity index is 391. The molecule has 3 N–H and O–H groups in total. The van der Waals surface area contributed by atoms with Gasteiger partial charge >= 0.3 is 0 Å². The molecule has 1 rings (SSSR count). The number of carbonyl (C=O) groups is 1. The van der Waals surface area contributed by atoms with E-state index in [1.165, 1.54) is 25.3 Å². The van der Waals surface area contributed by atoms with Gasteiger partial charge in [-0.05, 0) is 18.2 Å². The number of hydrogen-bond donors (Lipinski definition) is 2. The fraction of sp³-hybridized carbons (Fsp3) is 0.125. The molecule has 1 atom stereocenters. The molecule has 0 bridgehead atoms. The van der Waals surface area contributed by atoms with Crippen LogP contribution in [0.5, 0.6) is 5.75 Å². The van der Waals surface area contributed by atoms with Crippen molar-refractivity contribution in [2.24, 2.45) is 5.73 Å². The summed E-state index contributed by atoms with van der Waals surface area (Å²) in [4.78, 5) is 11.0. The number of hydrogen-bond acceptors (Lipinski definition) is 3. The summed E-state index contributed by atoms with van der Waals surface area (Å²) in [5.41, 5.74) is 5.15. The van der Waals surface area contributed by atoms with E-state index < -0.39 is 17.0 Å². The Labute approximate surface area is 83.2 Å². The van der Waals surface area contributed by atoms with E-state index in [4.69, 9.17) is 15.0 Å². The second-order valence-electron chi connectivity index (χ2n) is 2.48. The van der Waals surface area contributed by atoms with Crippen molar-refractivity contribution in [3.63, 3.8) is 0 Å². The van der Waals surface area contributed by atoms with Crippen LogP contribution in [0.15, 0.2) is 23.1 Å². The summed E-state index contributed by atoms with van der Waals surface area (Å²) >= 11 is -2.13. The van der Waals surface area contributed by atoms with E-state index >= 15 is 0 Å². The molecule has 1 unspecified atom stereocenters. The molecule has 0 aromatic heterocycles. The molecule has 76 valence electrons. The minimum atomic E-state index is -2.13. The third-order valence-corrected chi connectivity index (χ3v) is 2.30. The number of benzene rings is 1. The summed E-state index contributed by atoms with van der Waals surface area (Å²) < 4.78 is 24.3. The summed E-state index contributed by atoms with van der Waals surface area (Å²) in [6.45, 7) is 0.